The van der Waals surface area contributed by atoms with Crippen LogP contribution in [0.1, 0.15) is 32.0 Å². The van der Waals surface area contributed by atoms with Crippen LogP contribution in [0.15, 0.2) is 60.7 Å². The summed E-state index contributed by atoms with van der Waals surface area (Å²) >= 11 is 11.9. The van der Waals surface area contributed by atoms with Crippen molar-refractivity contribution in [2.24, 2.45) is 0 Å². The zero-order valence-electron chi connectivity index (χ0n) is 16.2. The Bertz CT molecular complexity index is 944. The Hall–Kier alpha value is -2.30. The van der Waals surface area contributed by atoms with Crippen LogP contribution in [0.4, 0.5) is 5.82 Å². The highest BCUT2D eigenvalue weighted by Gasteiger charge is 2.26. The van der Waals surface area contributed by atoms with Crippen LogP contribution in [0, 0.1) is 0 Å². The monoisotopic (exact) mass is 415 g/mol. The first-order valence-electron chi connectivity index (χ1n) is 9.06. The zero-order valence-corrected chi connectivity index (χ0v) is 17.7. The molecular formula is C22H23Cl2N3O. The number of amides is 1. The third-order valence-corrected chi connectivity index (χ3v) is 4.89. The highest BCUT2D eigenvalue weighted by atomic mass is 35.5. The molecule has 0 unspecified atom stereocenters. The molecule has 1 aromatic heterocycles. The molecule has 0 saturated carbocycles. The molecule has 0 aliphatic carbocycles. The van der Waals surface area contributed by atoms with Gasteiger partial charge in [-0.1, -0.05) is 62.7 Å². The number of nitrogens with zero attached hydrogens (tertiary/aromatic N) is 3. The van der Waals surface area contributed by atoms with Gasteiger partial charge in [0.1, 0.15) is 11.7 Å². The lowest BCUT2D eigenvalue weighted by molar-refractivity contribution is -0.116. The molecule has 2 aromatic carbocycles. The van der Waals surface area contributed by atoms with E-state index in [0.29, 0.717) is 17.4 Å². The Morgan fingerprint density at radius 3 is 2.29 bits per heavy atom. The fraction of sp³-hybridized carbons (Fsp3) is 0.273. The molecule has 0 bridgehead atoms. The second-order valence-electron chi connectivity index (χ2n) is 7.63. The Balaban J connectivity index is 2.11. The maximum Gasteiger partial charge on any atom is 0.243 e. The number of alkyl halides is 1. The van der Waals surface area contributed by atoms with Gasteiger partial charge in [-0.25, -0.2) is 4.68 Å². The van der Waals surface area contributed by atoms with Gasteiger partial charge in [0.05, 0.1) is 17.9 Å². The smallest absolute Gasteiger partial charge is 0.243 e. The molecule has 0 spiro atoms. The summed E-state index contributed by atoms with van der Waals surface area (Å²) in [5, 5.41) is 5.46. The summed E-state index contributed by atoms with van der Waals surface area (Å²) in [6.07, 6.45) is 0. The first-order chi connectivity index (χ1) is 13.3. The molecule has 0 radical (unpaired) electrons. The van der Waals surface area contributed by atoms with Gasteiger partial charge in [0, 0.05) is 16.5 Å². The van der Waals surface area contributed by atoms with Crippen molar-refractivity contribution in [2.75, 3.05) is 10.8 Å². The van der Waals surface area contributed by atoms with Gasteiger partial charge in [-0.15, -0.1) is 11.6 Å². The molecule has 0 N–H and O–H groups in total. The van der Waals surface area contributed by atoms with Crippen LogP contribution < -0.4 is 4.90 Å². The number of benzene rings is 2. The molecule has 4 nitrogen and oxygen atoms in total. The lowest BCUT2D eigenvalue weighted by Crippen LogP contribution is -2.33. The number of hydrogen-bond donors (Lipinski definition) is 0. The Kier molecular flexibility index (Phi) is 6.11. The molecule has 1 amide bonds. The molecule has 0 fully saturated rings. The van der Waals surface area contributed by atoms with Crippen LogP contribution >= 0.6 is 23.2 Å². The van der Waals surface area contributed by atoms with Gasteiger partial charge >= 0.3 is 0 Å². The Morgan fingerprint density at radius 2 is 1.71 bits per heavy atom. The van der Waals surface area contributed by atoms with E-state index >= 15 is 0 Å². The summed E-state index contributed by atoms with van der Waals surface area (Å²) in [4.78, 5) is 14.4. The van der Waals surface area contributed by atoms with E-state index < -0.39 is 0 Å². The van der Waals surface area contributed by atoms with Crippen LogP contribution in [-0.4, -0.2) is 21.6 Å². The number of halogens is 2. The van der Waals surface area contributed by atoms with E-state index in [1.807, 2.05) is 60.7 Å². The highest BCUT2D eigenvalue weighted by Crippen LogP contribution is 2.29. The second kappa shape index (κ2) is 8.38. The first-order valence-corrected chi connectivity index (χ1v) is 9.97. The van der Waals surface area contributed by atoms with E-state index in [4.69, 9.17) is 28.3 Å². The van der Waals surface area contributed by atoms with Gasteiger partial charge in [0.15, 0.2) is 0 Å². The van der Waals surface area contributed by atoms with E-state index in [0.717, 1.165) is 16.9 Å². The highest BCUT2D eigenvalue weighted by molar-refractivity contribution is 6.30. The van der Waals surface area contributed by atoms with Crippen LogP contribution in [0.2, 0.25) is 5.02 Å². The molecule has 3 rings (SSSR count). The molecule has 0 atom stereocenters. The summed E-state index contributed by atoms with van der Waals surface area (Å²) in [6, 6.07) is 19.2. The minimum absolute atomic E-state index is 0.113. The second-order valence-corrected chi connectivity index (χ2v) is 8.33. The minimum Gasteiger partial charge on any atom is -0.291 e. The number of carbonyl (C=O) groups excluding carboxylic acids is 1. The number of anilines is 1. The van der Waals surface area contributed by atoms with Crippen molar-refractivity contribution >= 4 is 34.9 Å². The largest absolute Gasteiger partial charge is 0.291 e. The lowest BCUT2D eigenvalue weighted by Gasteiger charge is -2.23. The van der Waals surface area contributed by atoms with E-state index in [2.05, 4.69) is 20.8 Å². The average Bonchev–Trinajstić information content (AvgIpc) is 3.13. The third-order valence-electron chi connectivity index (χ3n) is 4.41. The van der Waals surface area contributed by atoms with Crippen molar-refractivity contribution in [1.82, 2.24) is 9.78 Å². The fourth-order valence-corrected chi connectivity index (χ4v) is 3.10. The molecule has 0 aliphatic heterocycles. The molecule has 28 heavy (non-hydrogen) atoms. The summed E-state index contributed by atoms with van der Waals surface area (Å²) in [5.74, 6) is 0.393. The van der Waals surface area contributed by atoms with Gasteiger partial charge in [0.25, 0.3) is 0 Å². The van der Waals surface area contributed by atoms with Crippen LogP contribution in [-0.2, 0) is 16.8 Å². The first kappa shape index (κ1) is 20.4. The Morgan fingerprint density at radius 1 is 1.07 bits per heavy atom. The summed E-state index contributed by atoms with van der Waals surface area (Å²) in [7, 11) is 0. The van der Waals surface area contributed by atoms with Crippen molar-refractivity contribution in [1.29, 1.82) is 0 Å². The lowest BCUT2D eigenvalue weighted by atomic mass is 9.92. The van der Waals surface area contributed by atoms with E-state index in [1.165, 1.54) is 0 Å². The normalized spacial score (nSPS) is 11.5. The van der Waals surface area contributed by atoms with Crippen molar-refractivity contribution in [3.05, 3.63) is 76.9 Å². The number of carbonyl (C=O) groups is 1. The third kappa shape index (κ3) is 4.57. The SMILES string of the molecule is CC(C)(C)c1cc(N(Cc2ccc(Cl)cc2)C(=O)CCl)n(-c2ccccc2)n1. The van der Waals surface area contributed by atoms with Gasteiger partial charge in [-0.3, -0.25) is 9.69 Å². The van der Waals surface area contributed by atoms with Gasteiger partial charge < -0.3 is 0 Å². The molecule has 6 heteroatoms. The number of hydrogen-bond acceptors (Lipinski definition) is 2. The van der Waals surface area contributed by atoms with Crippen LogP contribution in [0.3, 0.4) is 0 Å². The summed E-state index contributed by atoms with van der Waals surface area (Å²) < 4.78 is 1.81. The van der Waals surface area contributed by atoms with Crippen molar-refractivity contribution in [3.63, 3.8) is 0 Å². The maximum atomic E-state index is 12.8. The maximum absolute atomic E-state index is 12.8. The van der Waals surface area contributed by atoms with Gasteiger partial charge in [-0.05, 0) is 29.8 Å². The average molecular weight is 416 g/mol. The van der Waals surface area contributed by atoms with Crippen LogP contribution in [0.25, 0.3) is 5.69 Å². The van der Waals surface area contributed by atoms with Gasteiger partial charge in [0.2, 0.25) is 5.91 Å². The van der Waals surface area contributed by atoms with E-state index in [-0.39, 0.29) is 17.2 Å². The predicted molar refractivity (Wildman–Crippen MR) is 116 cm³/mol. The standard InChI is InChI=1S/C22H23Cl2N3O/c1-22(2,3)19-13-20(27(25-19)18-7-5-4-6-8-18)26(21(28)14-23)15-16-9-11-17(24)12-10-16/h4-13H,14-15H2,1-3H3. The van der Waals surface area contributed by atoms with Crippen molar-refractivity contribution in [3.8, 4) is 5.69 Å². The summed E-state index contributed by atoms with van der Waals surface area (Å²) in [6.45, 7) is 6.68. The molecule has 146 valence electrons. The van der Waals surface area contributed by atoms with Crippen molar-refractivity contribution < 1.29 is 4.79 Å². The summed E-state index contributed by atoms with van der Waals surface area (Å²) in [5.41, 5.74) is 2.58. The predicted octanol–water partition coefficient (Wildman–Crippen LogP) is 5.60. The zero-order chi connectivity index (χ0) is 20.3. The molecular weight excluding hydrogens is 393 g/mol. The quantitative estimate of drug-likeness (QED) is 0.508. The fourth-order valence-electron chi connectivity index (χ4n) is 2.83. The molecule has 0 aliphatic rings. The number of rotatable bonds is 5. The molecule has 1 heterocycles. The van der Waals surface area contributed by atoms with E-state index in [9.17, 15) is 4.79 Å². The minimum atomic E-state index is -0.186. The number of aromatic nitrogens is 2. The molecule has 0 saturated heterocycles. The van der Waals surface area contributed by atoms with E-state index in [1.54, 1.807) is 9.58 Å². The van der Waals surface area contributed by atoms with Crippen molar-refractivity contribution in [2.45, 2.75) is 32.7 Å². The molecule has 3 aromatic rings. The van der Waals surface area contributed by atoms with Crippen LogP contribution in [0.5, 0.6) is 0 Å². The number of para-hydroxylation sites is 1. The Labute approximate surface area is 175 Å². The topological polar surface area (TPSA) is 38.1 Å². The van der Waals surface area contributed by atoms with Gasteiger partial charge in [-0.2, -0.15) is 5.10 Å².